The molecule has 0 aliphatic carbocycles. The van der Waals surface area contributed by atoms with E-state index in [4.69, 9.17) is 10.8 Å². The van der Waals surface area contributed by atoms with Gasteiger partial charge in [-0.25, -0.2) is 0 Å². The Morgan fingerprint density at radius 3 is 1.83 bits per heavy atom. The standard InChI is InChI=1S/C9H22N2O/c1-9(2,3)8(10)7(6-12)11(4)5/h7-8,12H,6,10H2,1-5H3. The molecule has 3 N–H and O–H groups in total. The first kappa shape index (κ1) is 11.9. The molecule has 0 aliphatic rings. The number of likely N-dealkylation sites (N-methyl/N-ethyl adjacent to an activating group) is 1. The lowest BCUT2D eigenvalue weighted by Gasteiger charge is -2.36. The minimum Gasteiger partial charge on any atom is -0.395 e. The molecule has 0 spiro atoms. The normalized spacial score (nSPS) is 18.0. The van der Waals surface area contributed by atoms with Gasteiger partial charge in [0.1, 0.15) is 0 Å². The molecule has 0 amide bonds. The summed E-state index contributed by atoms with van der Waals surface area (Å²) in [6, 6.07) is 0.0440. The number of nitrogens with zero attached hydrogens (tertiary/aromatic N) is 1. The summed E-state index contributed by atoms with van der Waals surface area (Å²) in [5.41, 5.74) is 6.04. The fourth-order valence-electron chi connectivity index (χ4n) is 1.18. The summed E-state index contributed by atoms with van der Waals surface area (Å²) in [5, 5.41) is 9.11. The first-order valence-electron chi connectivity index (χ1n) is 4.33. The molecule has 2 atom stereocenters. The number of hydrogen-bond acceptors (Lipinski definition) is 3. The van der Waals surface area contributed by atoms with Crippen molar-refractivity contribution in [1.82, 2.24) is 4.90 Å². The SMILES string of the molecule is CN(C)C(CO)C(N)C(C)(C)C. The molecule has 0 aromatic heterocycles. The lowest BCUT2D eigenvalue weighted by Crippen LogP contribution is -2.53. The molecular formula is C9H22N2O. The summed E-state index contributed by atoms with van der Waals surface area (Å²) >= 11 is 0. The van der Waals surface area contributed by atoms with E-state index in [0.717, 1.165) is 0 Å². The summed E-state index contributed by atoms with van der Waals surface area (Å²) in [4.78, 5) is 1.97. The minimum atomic E-state index is -0.00231. The van der Waals surface area contributed by atoms with Crippen molar-refractivity contribution in [3.05, 3.63) is 0 Å². The van der Waals surface area contributed by atoms with Crippen LogP contribution >= 0.6 is 0 Å². The van der Waals surface area contributed by atoms with Crippen LogP contribution in [0.5, 0.6) is 0 Å². The smallest absolute Gasteiger partial charge is 0.0601 e. The van der Waals surface area contributed by atoms with Gasteiger partial charge in [-0.15, -0.1) is 0 Å². The number of aliphatic hydroxyl groups is 1. The Balaban J connectivity index is 4.32. The van der Waals surface area contributed by atoms with Gasteiger partial charge in [-0.2, -0.15) is 0 Å². The van der Waals surface area contributed by atoms with Gasteiger partial charge in [0.15, 0.2) is 0 Å². The maximum atomic E-state index is 9.11. The Morgan fingerprint density at radius 2 is 1.75 bits per heavy atom. The number of nitrogens with two attached hydrogens (primary N) is 1. The highest BCUT2D eigenvalue weighted by atomic mass is 16.3. The predicted molar refractivity (Wildman–Crippen MR) is 52.0 cm³/mol. The molecule has 3 heteroatoms. The Morgan fingerprint density at radius 1 is 1.33 bits per heavy atom. The van der Waals surface area contributed by atoms with Crippen LogP contribution in [0.4, 0.5) is 0 Å². The van der Waals surface area contributed by atoms with E-state index in [1.807, 2.05) is 19.0 Å². The van der Waals surface area contributed by atoms with Crippen LogP contribution in [-0.4, -0.2) is 42.8 Å². The minimum absolute atomic E-state index is 0.00231. The number of rotatable bonds is 3. The van der Waals surface area contributed by atoms with Crippen LogP contribution in [0.25, 0.3) is 0 Å². The summed E-state index contributed by atoms with van der Waals surface area (Å²) in [5.74, 6) is 0. The maximum absolute atomic E-state index is 9.11. The zero-order valence-electron chi connectivity index (χ0n) is 8.83. The highest BCUT2D eigenvalue weighted by Crippen LogP contribution is 2.21. The molecule has 12 heavy (non-hydrogen) atoms. The van der Waals surface area contributed by atoms with Crippen molar-refractivity contribution in [3.63, 3.8) is 0 Å². The summed E-state index contributed by atoms with van der Waals surface area (Å²) in [7, 11) is 3.87. The van der Waals surface area contributed by atoms with E-state index in [0.29, 0.717) is 0 Å². The molecule has 0 fully saturated rings. The van der Waals surface area contributed by atoms with Gasteiger partial charge in [-0.3, -0.25) is 0 Å². The van der Waals surface area contributed by atoms with E-state index in [2.05, 4.69) is 20.8 Å². The third-order valence-corrected chi connectivity index (χ3v) is 2.26. The van der Waals surface area contributed by atoms with E-state index >= 15 is 0 Å². The lowest BCUT2D eigenvalue weighted by atomic mass is 9.83. The molecule has 0 saturated carbocycles. The second kappa shape index (κ2) is 4.21. The molecule has 0 aromatic carbocycles. The predicted octanol–water partition coefficient (Wildman–Crippen LogP) is 0.282. The van der Waals surface area contributed by atoms with Gasteiger partial charge in [0, 0.05) is 12.1 Å². The molecule has 2 unspecified atom stereocenters. The van der Waals surface area contributed by atoms with Gasteiger partial charge in [-0.1, -0.05) is 20.8 Å². The third-order valence-electron chi connectivity index (χ3n) is 2.26. The van der Waals surface area contributed by atoms with Crippen LogP contribution in [0.15, 0.2) is 0 Å². The Kier molecular flexibility index (Phi) is 4.17. The van der Waals surface area contributed by atoms with Crippen LogP contribution in [-0.2, 0) is 0 Å². The second-order valence-electron chi connectivity index (χ2n) is 4.61. The lowest BCUT2D eigenvalue weighted by molar-refractivity contribution is 0.106. The van der Waals surface area contributed by atoms with Crippen LogP contribution in [0.3, 0.4) is 0 Å². The van der Waals surface area contributed by atoms with Crippen molar-refractivity contribution < 1.29 is 5.11 Å². The van der Waals surface area contributed by atoms with Crippen molar-refractivity contribution in [2.45, 2.75) is 32.9 Å². The van der Waals surface area contributed by atoms with Gasteiger partial charge in [0.25, 0.3) is 0 Å². The molecule has 0 saturated heterocycles. The van der Waals surface area contributed by atoms with E-state index in [1.54, 1.807) is 0 Å². The maximum Gasteiger partial charge on any atom is 0.0601 e. The topological polar surface area (TPSA) is 49.5 Å². The Hall–Kier alpha value is -0.120. The van der Waals surface area contributed by atoms with Crippen molar-refractivity contribution >= 4 is 0 Å². The van der Waals surface area contributed by atoms with Gasteiger partial charge >= 0.3 is 0 Å². The quantitative estimate of drug-likeness (QED) is 0.646. The van der Waals surface area contributed by atoms with Crippen LogP contribution in [0.1, 0.15) is 20.8 Å². The largest absolute Gasteiger partial charge is 0.395 e. The van der Waals surface area contributed by atoms with Crippen molar-refractivity contribution in [3.8, 4) is 0 Å². The molecule has 0 aliphatic heterocycles. The van der Waals surface area contributed by atoms with E-state index in [1.165, 1.54) is 0 Å². The zero-order valence-corrected chi connectivity index (χ0v) is 8.83. The van der Waals surface area contributed by atoms with Gasteiger partial charge < -0.3 is 15.7 Å². The van der Waals surface area contributed by atoms with Crippen LogP contribution in [0.2, 0.25) is 0 Å². The molecule has 0 aromatic rings. The van der Waals surface area contributed by atoms with E-state index < -0.39 is 0 Å². The molecule has 3 nitrogen and oxygen atoms in total. The average Bonchev–Trinajstić information content (AvgIpc) is 1.86. The zero-order chi connectivity index (χ0) is 9.94. The number of aliphatic hydroxyl groups excluding tert-OH is 1. The highest BCUT2D eigenvalue weighted by molar-refractivity contribution is 4.87. The summed E-state index contributed by atoms with van der Waals surface area (Å²) in [6.07, 6.45) is 0. The van der Waals surface area contributed by atoms with Crippen molar-refractivity contribution in [1.29, 1.82) is 0 Å². The summed E-state index contributed by atoms with van der Waals surface area (Å²) in [6.45, 7) is 6.38. The fourth-order valence-corrected chi connectivity index (χ4v) is 1.18. The van der Waals surface area contributed by atoms with Gasteiger partial charge in [0.2, 0.25) is 0 Å². The molecule has 0 rings (SSSR count). The molecule has 0 bridgehead atoms. The van der Waals surface area contributed by atoms with Crippen molar-refractivity contribution in [2.75, 3.05) is 20.7 Å². The van der Waals surface area contributed by atoms with E-state index in [-0.39, 0.29) is 24.1 Å². The monoisotopic (exact) mass is 174 g/mol. The fraction of sp³-hybridized carbons (Fsp3) is 1.00. The molecule has 0 radical (unpaired) electrons. The average molecular weight is 174 g/mol. The Labute approximate surface area is 75.6 Å². The second-order valence-corrected chi connectivity index (χ2v) is 4.61. The van der Waals surface area contributed by atoms with Gasteiger partial charge in [-0.05, 0) is 19.5 Å². The number of hydrogen-bond donors (Lipinski definition) is 2. The molecular weight excluding hydrogens is 152 g/mol. The van der Waals surface area contributed by atoms with Gasteiger partial charge in [0.05, 0.1) is 6.61 Å². The van der Waals surface area contributed by atoms with Crippen molar-refractivity contribution in [2.24, 2.45) is 11.1 Å². The Bertz CT molecular complexity index is 129. The summed E-state index contributed by atoms with van der Waals surface area (Å²) < 4.78 is 0. The first-order chi connectivity index (χ1) is 5.30. The van der Waals surface area contributed by atoms with Crippen LogP contribution < -0.4 is 5.73 Å². The van der Waals surface area contributed by atoms with E-state index in [9.17, 15) is 0 Å². The molecule has 0 heterocycles. The molecule has 74 valence electrons. The first-order valence-corrected chi connectivity index (χ1v) is 4.33. The highest BCUT2D eigenvalue weighted by Gasteiger charge is 2.29. The third kappa shape index (κ3) is 3.09. The van der Waals surface area contributed by atoms with Crippen LogP contribution in [0, 0.1) is 5.41 Å².